The van der Waals surface area contributed by atoms with E-state index in [9.17, 15) is 9.59 Å². The number of nitrogens with zero attached hydrogens (tertiary/aromatic N) is 4. The Morgan fingerprint density at radius 2 is 1.97 bits per heavy atom. The number of piperidine rings is 1. The van der Waals surface area contributed by atoms with Gasteiger partial charge in [-0.05, 0) is 44.2 Å². The summed E-state index contributed by atoms with van der Waals surface area (Å²) in [5, 5.41) is 14.4. The van der Waals surface area contributed by atoms with Gasteiger partial charge in [0.2, 0.25) is 5.91 Å². The molecule has 1 aliphatic heterocycles. The van der Waals surface area contributed by atoms with Crippen LogP contribution in [-0.2, 0) is 11.3 Å². The van der Waals surface area contributed by atoms with Crippen LogP contribution in [0.3, 0.4) is 0 Å². The number of carbonyl (C=O) groups excluding carboxylic acids is 2. The van der Waals surface area contributed by atoms with Crippen molar-refractivity contribution in [2.75, 3.05) is 18.4 Å². The van der Waals surface area contributed by atoms with Gasteiger partial charge in [-0.1, -0.05) is 24.3 Å². The van der Waals surface area contributed by atoms with Gasteiger partial charge in [0.05, 0.1) is 5.69 Å². The molecule has 1 aliphatic rings. The summed E-state index contributed by atoms with van der Waals surface area (Å²) in [6.45, 7) is 6.08. The molecule has 0 spiro atoms. The number of carbonyl (C=O) groups is 2. The standard InChI is InChI=1S/C23H28N6O2/c1-3-29-13-10-21(27-29)24-22(30)14-17-8-11-28(12-9-17)23(31)20-15-19(25-26-20)18-7-5-4-6-16(18)2/h4-7,10,13,15,17H,3,8-9,11-12,14H2,1-2H3,(H,25,26)(H,24,27,30). The van der Waals surface area contributed by atoms with E-state index in [-0.39, 0.29) is 17.7 Å². The third-order valence-electron chi connectivity index (χ3n) is 5.84. The van der Waals surface area contributed by atoms with E-state index in [2.05, 4.69) is 20.6 Å². The molecular weight excluding hydrogens is 392 g/mol. The Hall–Kier alpha value is -3.42. The molecule has 1 fully saturated rings. The van der Waals surface area contributed by atoms with Crippen LogP contribution >= 0.6 is 0 Å². The molecule has 2 amide bonds. The maximum absolute atomic E-state index is 12.9. The highest BCUT2D eigenvalue weighted by Gasteiger charge is 2.26. The minimum Gasteiger partial charge on any atom is -0.337 e. The van der Waals surface area contributed by atoms with Crippen molar-refractivity contribution in [3.63, 3.8) is 0 Å². The lowest BCUT2D eigenvalue weighted by molar-refractivity contribution is -0.117. The summed E-state index contributed by atoms with van der Waals surface area (Å²) in [7, 11) is 0. The number of nitrogens with one attached hydrogen (secondary N) is 2. The van der Waals surface area contributed by atoms with Crippen LogP contribution < -0.4 is 5.32 Å². The van der Waals surface area contributed by atoms with Gasteiger partial charge < -0.3 is 10.2 Å². The van der Waals surface area contributed by atoms with Gasteiger partial charge >= 0.3 is 0 Å². The first kappa shape index (κ1) is 20.8. The number of hydrogen-bond donors (Lipinski definition) is 2. The van der Waals surface area contributed by atoms with E-state index < -0.39 is 0 Å². The highest BCUT2D eigenvalue weighted by atomic mass is 16.2. The third kappa shape index (κ3) is 4.84. The van der Waals surface area contributed by atoms with Crippen molar-refractivity contribution >= 4 is 17.6 Å². The minimum absolute atomic E-state index is 0.0254. The Morgan fingerprint density at radius 3 is 2.68 bits per heavy atom. The van der Waals surface area contributed by atoms with Crippen LogP contribution in [0.1, 0.15) is 42.2 Å². The quantitative estimate of drug-likeness (QED) is 0.638. The maximum atomic E-state index is 12.9. The molecule has 8 heteroatoms. The molecule has 1 saturated heterocycles. The largest absolute Gasteiger partial charge is 0.337 e. The van der Waals surface area contributed by atoms with Crippen LogP contribution in [0, 0.1) is 12.8 Å². The van der Waals surface area contributed by atoms with Crippen molar-refractivity contribution in [2.24, 2.45) is 5.92 Å². The fraction of sp³-hybridized carbons (Fsp3) is 0.391. The molecule has 2 N–H and O–H groups in total. The average molecular weight is 421 g/mol. The Labute approximate surface area is 181 Å². The van der Waals surface area contributed by atoms with Gasteiger partial charge in [0, 0.05) is 43.9 Å². The van der Waals surface area contributed by atoms with Crippen molar-refractivity contribution in [2.45, 2.75) is 39.7 Å². The lowest BCUT2D eigenvalue weighted by Crippen LogP contribution is -2.39. The Kier molecular flexibility index (Phi) is 6.16. The average Bonchev–Trinajstić information content (AvgIpc) is 3.44. The first-order chi connectivity index (χ1) is 15.0. The molecule has 4 rings (SSSR count). The number of anilines is 1. The second-order valence-corrected chi connectivity index (χ2v) is 8.03. The molecule has 8 nitrogen and oxygen atoms in total. The first-order valence-corrected chi connectivity index (χ1v) is 10.8. The van der Waals surface area contributed by atoms with E-state index in [0.29, 0.717) is 31.0 Å². The summed E-state index contributed by atoms with van der Waals surface area (Å²) < 4.78 is 1.78. The van der Waals surface area contributed by atoms with E-state index in [4.69, 9.17) is 0 Å². The lowest BCUT2D eigenvalue weighted by Gasteiger charge is -2.31. The van der Waals surface area contributed by atoms with Crippen LogP contribution in [-0.4, -0.2) is 49.8 Å². The second kappa shape index (κ2) is 9.16. The lowest BCUT2D eigenvalue weighted by atomic mass is 9.93. The molecule has 0 saturated carbocycles. The zero-order chi connectivity index (χ0) is 21.8. The number of amides is 2. The molecule has 0 bridgehead atoms. The van der Waals surface area contributed by atoms with Gasteiger partial charge in [-0.15, -0.1) is 0 Å². The van der Waals surface area contributed by atoms with Crippen molar-refractivity contribution in [1.82, 2.24) is 24.9 Å². The van der Waals surface area contributed by atoms with Crippen molar-refractivity contribution in [3.8, 4) is 11.3 Å². The zero-order valence-electron chi connectivity index (χ0n) is 18.0. The van der Waals surface area contributed by atoms with E-state index in [1.165, 1.54) is 0 Å². The van der Waals surface area contributed by atoms with Crippen LogP contribution in [0.5, 0.6) is 0 Å². The van der Waals surface area contributed by atoms with Gasteiger partial charge in [0.1, 0.15) is 5.69 Å². The Bertz CT molecular complexity index is 1060. The van der Waals surface area contributed by atoms with Crippen molar-refractivity contribution in [1.29, 1.82) is 0 Å². The predicted octanol–water partition coefficient (Wildman–Crippen LogP) is 3.48. The highest BCUT2D eigenvalue weighted by Crippen LogP contribution is 2.25. The summed E-state index contributed by atoms with van der Waals surface area (Å²) in [6, 6.07) is 11.6. The molecule has 3 heterocycles. The van der Waals surface area contributed by atoms with Crippen molar-refractivity contribution < 1.29 is 9.59 Å². The Balaban J connectivity index is 1.29. The predicted molar refractivity (Wildman–Crippen MR) is 119 cm³/mol. The Morgan fingerprint density at radius 1 is 1.19 bits per heavy atom. The summed E-state index contributed by atoms with van der Waals surface area (Å²) in [4.78, 5) is 27.1. The molecule has 2 aromatic heterocycles. The summed E-state index contributed by atoms with van der Waals surface area (Å²) in [5.74, 6) is 0.785. The number of aryl methyl sites for hydroxylation is 2. The van der Waals surface area contributed by atoms with Gasteiger partial charge in [-0.25, -0.2) is 0 Å². The molecule has 0 atom stereocenters. The fourth-order valence-corrected chi connectivity index (χ4v) is 4.00. The SMILES string of the molecule is CCn1ccc(NC(=O)CC2CCN(C(=O)c3cc(-c4ccccc4C)n[nH]3)CC2)n1. The smallest absolute Gasteiger partial charge is 0.271 e. The number of aromatic nitrogens is 4. The van der Waals surface area contributed by atoms with Crippen LogP contribution in [0.15, 0.2) is 42.6 Å². The molecule has 31 heavy (non-hydrogen) atoms. The molecule has 1 aromatic carbocycles. The fourth-order valence-electron chi connectivity index (χ4n) is 4.00. The topological polar surface area (TPSA) is 95.9 Å². The van der Waals surface area contributed by atoms with E-state index in [0.717, 1.165) is 36.2 Å². The van der Waals surface area contributed by atoms with Crippen molar-refractivity contribution in [3.05, 3.63) is 53.9 Å². The van der Waals surface area contributed by atoms with Gasteiger partial charge in [-0.3, -0.25) is 19.4 Å². The highest BCUT2D eigenvalue weighted by molar-refractivity contribution is 5.93. The number of likely N-dealkylation sites (tertiary alicyclic amines) is 1. The monoisotopic (exact) mass is 420 g/mol. The number of aromatic amines is 1. The molecule has 0 unspecified atom stereocenters. The first-order valence-electron chi connectivity index (χ1n) is 10.8. The minimum atomic E-state index is -0.0414. The molecular formula is C23H28N6O2. The van der Waals surface area contributed by atoms with Crippen LogP contribution in [0.2, 0.25) is 0 Å². The third-order valence-corrected chi connectivity index (χ3v) is 5.84. The summed E-state index contributed by atoms with van der Waals surface area (Å²) in [6.07, 6.45) is 3.91. The van der Waals surface area contributed by atoms with Gasteiger partial charge in [-0.2, -0.15) is 10.2 Å². The molecule has 3 aromatic rings. The normalized spacial score (nSPS) is 14.6. The van der Waals surface area contributed by atoms with E-state index in [1.54, 1.807) is 10.7 Å². The number of H-pyrrole nitrogens is 1. The number of rotatable bonds is 6. The summed E-state index contributed by atoms with van der Waals surface area (Å²) >= 11 is 0. The van der Waals surface area contributed by atoms with E-state index >= 15 is 0 Å². The zero-order valence-corrected chi connectivity index (χ0v) is 18.0. The molecule has 162 valence electrons. The maximum Gasteiger partial charge on any atom is 0.271 e. The van der Waals surface area contributed by atoms with Crippen LogP contribution in [0.4, 0.5) is 5.82 Å². The van der Waals surface area contributed by atoms with Gasteiger partial charge in [0.25, 0.3) is 5.91 Å². The molecule has 0 radical (unpaired) electrons. The van der Waals surface area contributed by atoms with E-state index in [1.807, 2.05) is 55.3 Å². The van der Waals surface area contributed by atoms with Gasteiger partial charge in [0.15, 0.2) is 5.82 Å². The molecule has 0 aliphatic carbocycles. The number of hydrogen-bond acceptors (Lipinski definition) is 4. The van der Waals surface area contributed by atoms with Crippen LogP contribution in [0.25, 0.3) is 11.3 Å². The number of benzene rings is 1. The summed E-state index contributed by atoms with van der Waals surface area (Å²) in [5.41, 5.74) is 3.42. The second-order valence-electron chi connectivity index (χ2n) is 8.03.